The molecule has 0 spiro atoms. The van der Waals surface area contributed by atoms with E-state index in [0.717, 1.165) is 55.1 Å². The molecule has 2 atom stereocenters. The molecule has 4 aromatic rings. The number of rotatable bonds is 3. The molecule has 2 aromatic carbocycles. The summed E-state index contributed by atoms with van der Waals surface area (Å²) in [6, 6.07) is 17.6. The van der Waals surface area contributed by atoms with Crippen LogP contribution in [0.4, 0.5) is 5.82 Å². The Labute approximate surface area is 186 Å². The number of aromatic nitrogens is 4. The molecule has 7 heteroatoms. The third-order valence-electron chi connectivity index (χ3n) is 6.51. The Morgan fingerprint density at radius 2 is 1.62 bits per heavy atom. The fourth-order valence-electron chi connectivity index (χ4n) is 5.17. The van der Waals surface area contributed by atoms with E-state index in [0.29, 0.717) is 17.4 Å². The highest BCUT2D eigenvalue weighted by molar-refractivity contribution is 5.97. The van der Waals surface area contributed by atoms with Gasteiger partial charge in [-0.15, -0.1) is 0 Å². The van der Waals surface area contributed by atoms with Crippen molar-refractivity contribution in [2.45, 2.75) is 6.42 Å². The maximum Gasteiger partial charge on any atom is 0.256 e. The number of benzene rings is 2. The third kappa shape index (κ3) is 3.39. The zero-order valence-electron chi connectivity index (χ0n) is 17.7. The molecule has 2 aromatic heterocycles. The maximum atomic E-state index is 13.5. The summed E-state index contributed by atoms with van der Waals surface area (Å²) in [6.07, 6.45) is 6.64. The van der Waals surface area contributed by atoms with Gasteiger partial charge in [-0.1, -0.05) is 24.3 Å². The topological polar surface area (TPSA) is 67.2 Å². The molecule has 1 amide bonds. The van der Waals surface area contributed by atoms with E-state index in [2.05, 4.69) is 15.0 Å². The van der Waals surface area contributed by atoms with Gasteiger partial charge in [-0.3, -0.25) is 9.78 Å². The van der Waals surface area contributed by atoms with E-state index in [1.54, 1.807) is 10.9 Å². The molecule has 2 saturated heterocycles. The number of hydrogen-bond acceptors (Lipinski definition) is 5. The number of likely N-dealkylation sites (tertiary alicyclic amines) is 1. The summed E-state index contributed by atoms with van der Waals surface area (Å²) in [5.41, 5.74) is 3.37. The van der Waals surface area contributed by atoms with Crippen molar-refractivity contribution in [3.63, 3.8) is 0 Å². The van der Waals surface area contributed by atoms with Gasteiger partial charge in [0.25, 0.3) is 5.91 Å². The predicted molar refractivity (Wildman–Crippen MR) is 123 cm³/mol. The smallest absolute Gasteiger partial charge is 0.256 e. The zero-order chi connectivity index (χ0) is 21.5. The largest absolute Gasteiger partial charge is 0.355 e. The Morgan fingerprint density at radius 1 is 0.875 bits per heavy atom. The predicted octanol–water partition coefficient (Wildman–Crippen LogP) is 3.41. The molecular weight excluding hydrogens is 400 g/mol. The molecule has 2 unspecified atom stereocenters. The molecule has 2 aliphatic heterocycles. The Bertz CT molecular complexity index is 1260. The number of piperidine rings is 2. The minimum atomic E-state index is 0.0877. The van der Waals surface area contributed by atoms with E-state index in [1.807, 2.05) is 71.9 Å². The van der Waals surface area contributed by atoms with Crippen molar-refractivity contribution in [1.29, 1.82) is 0 Å². The summed E-state index contributed by atoms with van der Waals surface area (Å²) in [5, 5.41) is 4.32. The average Bonchev–Trinajstić information content (AvgIpc) is 3.37. The molecule has 0 aliphatic carbocycles. The molecule has 7 nitrogen and oxygen atoms in total. The van der Waals surface area contributed by atoms with Crippen LogP contribution in [0.5, 0.6) is 0 Å². The lowest BCUT2D eigenvalue weighted by Gasteiger charge is -2.46. The van der Waals surface area contributed by atoms with Gasteiger partial charge < -0.3 is 9.80 Å². The fourth-order valence-corrected chi connectivity index (χ4v) is 5.17. The van der Waals surface area contributed by atoms with E-state index < -0.39 is 0 Å². The van der Waals surface area contributed by atoms with Crippen LogP contribution in [0, 0.1) is 11.8 Å². The van der Waals surface area contributed by atoms with Crippen molar-refractivity contribution in [3.05, 3.63) is 78.8 Å². The summed E-state index contributed by atoms with van der Waals surface area (Å²) in [7, 11) is 0. The average molecular weight is 425 g/mol. The summed E-state index contributed by atoms with van der Waals surface area (Å²) in [6.45, 7) is 3.32. The summed E-state index contributed by atoms with van der Waals surface area (Å²) < 4.78 is 1.76. The third-order valence-corrected chi connectivity index (χ3v) is 6.51. The van der Waals surface area contributed by atoms with Crippen LogP contribution in [0.2, 0.25) is 0 Å². The van der Waals surface area contributed by atoms with Crippen molar-refractivity contribution < 1.29 is 4.79 Å². The Kier molecular flexibility index (Phi) is 4.60. The van der Waals surface area contributed by atoms with Gasteiger partial charge in [0.05, 0.1) is 28.5 Å². The van der Waals surface area contributed by atoms with E-state index in [1.165, 1.54) is 0 Å². The molecule has 0 N–H and O–H groups in total. The standard InChI is InChI=1S/C25H24N6O/c32-25(20-6-1-4-9-23(20)31-11-5-10-27-31)30-16-18-12-19(17-30)15-29(14-18)24-13-26-21-7-2-3-8-22(21)28-24/h1-11,13,18-19H,12,14-17H2. The Morgan fingerprint density at radius 3 is 2.41 bits per heavy atom. The number of fused-ring (bicyclic) bond motifs is 3. The minimum absolute atomic E-state index is 0.0877. The van der Waals surface area contributed by atoms with Crippen molar-refractivity contribution in [2.75, 3.05) is 31.1 Å². The van der Waals surface area contributed by atoms with E-state index in [-0.39, 0.29) is 5.91 Å². The highest BCUT2D eigenvalue weighted by Crippen LogP contribution is 2.32. The highest BCUT2D eigenvalue weighted by Gasteiger charge is 2.37. The molecular formula is C25H24N6O. The van der Waals surface area contributed by atoms with Gasteiger partial charge in [0.15, 0.2) is 0 Å². The zero-order valence-corrected chi connectivity index (χ0v) is 17.7. The first-order valence-electron chi connectivity index (χ1n) is 11.1. The second-order valence-corrected chi connectivity index (χ2v) is 8.77. The number of carbonyl (C=O) groups excluding carboxylic acids is 1. The Balaban J connectivity index is 1.22. The van der Waals surface area contributed by atoms with Gasteiger partial charge in [0, 0.05) is 38.6 Å². The molecule has 6 rings (SSSR count). The first-order chi connectivity index (χ1) is 15.7. The van der Waals surface area contributed by atoms with E-state index >= 15 is 0 Å². The van der Waals surface area contributed by atoms with Gasteiger partial charge in [-0.25, -0.2) is 9.67 Å². The normalized spacial score (nSPS) is 20.5. The SMILES string of the molecule is O=C(c1ccccc1-n1cccn1)N1CC2CC(C1)CN(c1cnc3ccccc3n1)C2. The molecule has 4 heterocycles. The number of amides is 1. The lowest BCUT2D eigenvalue weighted by atomic mass is 9.84. The second-order valence-electron chi connectivity index (χ2n) is 8.77. The highest BCUT2D eigenvalue weighted by atomic mass is 16.2. The Hall–Kier alpha value is -3.74. The van der Waals surface area contributed by atoms with Crippen LogP contribution in [0.1, 0.15) is 16.8 Å². The summed E-state index contributed by atoms with van der Waals surface area (Å²) in [5.74, 6) is 1.88. The van der Waals surface area contributed by atoms with Crippen LogP contribution in [-0.2, 0) is 0 Å². The molecule has 0 radical (unpaired) electrons. The van der Waals surface area contributed by atoms with Crippen molar-refractivity contribution in [1.82, 2.24) is 24.6 Å². The van der Waals surface area contributed by atoms with Gasteiger partial charge in [0.1, 0.15) is 5.82 Å². The minimum Gasteiger partial charge on any atom is -0.355 e. The first-order valence-corrected chi connectivity index (χ1v) is 11.1. The lowest BCUT2D eigenvalue weighted by Crippen LogP contribution is -2.54. The molecule has 2 fully saturated rings. The molecule has 0 saturated carbocycles. The molecule has 32 heavy (non-hydrogen) atoms. The molecule has 160 valence electrons. The van der Waals surface area contributed by atoms with Crippen LogP contribution in [0.15, 0.2) is 73.2 Å². The van der Waals surface area contributed by atoms with Crippen LogP contribution in [0.25, 0.3) is 16.7 Å². The van der Waals surface area contributed by atoms with Crippen LogP contribution < -0.4 is 4.90 Å². The number of anilines is 1. The van der Waals surface area contributed by atoms with Crippen molar-refractivity contribution >= 4 is 22.8 Å². The van der Waals surface area contributed by atoms with Gasteiger partial charge in [0.2, 0.25) is 0 Å². The molecule has 2 aliphatic rings. The first kappa shape index (κ1) is 19.0. The van der Waals surface area contributed by atoms with E-state index in [4.69, 9.17) is 4.98 Å². The summed E-state index contributed by atoms with van der Waals surface area (Å²) in [4.78, 5) is 27.3. The van der Waals surface area contributed by atoms with Gasteiger partial charge in [-0.05, 0) is 48.6 Å². The van der Waals surface area contributed by atoms with Gasteiger partial charge in [-0.2, -0.15) is 5.10 Å². The van der Waals surface area contributed by atoms with Crippen molar-refractivity contribution in [2.24, 2.45) is 11.8 Å². The number of nitrogens with zero attached hydrogens (tertiary/aromatic N) is 6. The lowest BCUT2D eigenvalue weighted by molar-refractivity contribution is 0.0564. The van der Waals surface area contributed by atoms with Crippen LogP contribution in [-0.4, -0.2) is 56.7 Å². The van der Waals surface area contributed by atoms with Gasteiger partial charge >= 0.3 is 0 Å². The van der Waals surface area contributed by atoms with E-state index in [9.17, 15) is 4.79 Å². The number of hydrogen-bond donors (Lipinski definition) is 0. The maximum absolute atomic E-state index is 13.5. The second kappa shape index (κ2) is 7.75. The monoisotopic (exact) mass is 424 g/mol. The van der Waals surface area contributed by atoms with Crippen LogP contribution in [0.3, 0.4) is 0 Å². The quantitative estimate of drug-likeness (QED) is 0.504. The number of carbonyl (C=O) groups is 1. The van der Waals surface area contributed by atoms with Crippen LogP contribution >= 0.6 is 0 Å². The molecule has 2 bridgehead atoms. The number of para-hydroxylation sites is 3. The fraction of sp³-hybridized carbons (Fsp3) is 0.280. The van der Waals surface area contributed by atoms with Crippen molar-refractivity contribution in [3.8, 4) is 5.69 Å². The summed E-state index contributed by atoms with van der Waals surface area (Å²) >= 11 is 0.